The van der Waals surface area contributed by atoms with E-state index in [0.29, 0.717) is 15.9 Å². The van der Waals surface area contributed by atoms with E-state index < -0.39 is 17.6 Å². The molecule has 11 heteroatoms. The Hall–Kier alpha value is -2.59. The molecule has 3 aromatic rings. The van der Waals surface area contributed by atoms with Crippen molar-refractivity contribution in [2.45, 2.75) is 11.3 Å². The molecule has 27 heavy (non-hydrogen) atoms. The van der Waals surface area contributed by atoms with Gasteiger partial charge in [0.25, 0.3) is 0 Å². The predicted molar refractivity (Wildman–Crippen MR) is 95.0 cm³/mol. The van der Waals surface area contributed by atoms with Crippen LogP contribution in [0.2, 0.25) is 5.02 Å². The standard InChI is InChI=1S/C16H11ClF3N5OS/c17-11-3-7-13(8-4-11)25-15(22-23-24-25)27-9-14(26)21-12-5-1-10(2-6-12)16(18,19)20/h1-8H,9H2,(H,21,26). The number of thioether (sulfide) groups is 1. The Morgan fingerprint density at radius 2 is 1.78 bits per heavy atom. The van der Waals surface area contributed by atoms with Crippen LogP contribution in [0.5, 0.6) is 0 Å². The average Bonchev–Trinajstić information content (AvgIpc) is 3.09. The van der Waals surface area contributed by atoms with Gasteiger partial charge in [-0.25, -0.2) is 0 Å². The van der Waals surface area contributed by atoms with Crippen molar-refractivity contribution in [1.82, 2.24) is 20.2 Å². The second-order valence-electron chi connectivity index (χ2n) is 5.26. The van der Waals surface area contributed by atoms with Crippen LogP contribution in [0.25, 0.3) is 5.69 Å². The Kier molecular flexibility index (Phi) is 5.66. The van der Waals surface area contributed by atoms with Gasteiger partial charge in [-0.1, -0.05) is 23.4 Å². The molecule has 1 aromatic heterocycles. The summed E-state index contributed by atoms with van der Waals surface area (Å²) in [5.41, 5.74) is 0.165. The van der Waals surface area contributed by atoms with E-state index in [0.717, 1.165) is 23.9 Å². The van der Waals surface area contributed by atoms with Gasteiger partial charge in [0.15, 0.2) is 0 Å². The molecule has 3 rings (SSSR count). The second-order valence-corrected chi connectivity index (χ2v) is 6.64. The van der Waals surface area contributed by atoms with Crippen molar-refractivity contribution in [3.63, 3.8) is 0 Å². The third kappa shape index (κ3) is 4.98. The van der Waals surface area contributed by atoms with Gasteiger partial charge in [-0.05, 0) is 59.0 Å². The zero-order chi connectivity index (χ0) is 19.4. The number of anilines is 1. The third-order valence-electron chi connectivity index (χ3n) is 3.34. The number of carbonyl (C=O) groups excluding carboxylic acids is 1. The number of nitrogens with one attached hydrogen (secondary N) is 1. The summed E-state index contributed by atoms with van der Waals surface area (Å²) in [5, 5.41) is 14.8. The van der Waals surface area contributed by atoms with Gasteiger partial charge in [0.05, 0.1) is 17.0 Å². The summed E-state index contributed by atoms with van der Waals surface area (Å²) in [4.78, 5) is 12.0. The molecule has 0 saturated carbocycles. The number of rotatable bonds is 5. The van der Waals surface area contributed by atoms with Crippen LogP contribution in [-0.2, 0) is 11.0 Å². The van der Waals surface area contributed by atoms with E-state index in [1.54, 1.807) is 24.3 Å². The van der Waals surface area contributed by atoms with Crippen molar-refractivity contribution in [3.05, 3.63) is 59.1 Å². The first-order valence-corrected chi connectivity index (χ1v) is 8.83. The molecular formula is C16H11ClF3N5OS. The van der Waals surface area contributed by atoms with E-state index in [4.69, 9.17) is 11.6 Å². The quantitative estimate of drug-likeness (QED) is 0.638. The van der Waals surface area contributed by atoms with Crippen molar-refractivity contribution in [3.8, 4) is 5.69 Å². The molecule has 1 heterocycles. The number of amides is 1. The number of hydrogen-bond acceptors (Lipinski definition) is 5. The smallest absolute Gasteiger partial charge is 0.325 e. The van der Waals surface area contributed by atoms with Gasteiger partial charge in [-0.2, -0.15) is 17.9 Å². The molecule has 0 fully saturated rings. The number of tetrazole rings is 1. The molecule has 6 nitrogen and oxygen atoms in total. The average molecular weight is 414 g/mol. The number of benzene rings is 2. The monoisotopic (exact) mass is 413 g/mol. The lowest BCUT2D eigenvalue weighted by Crippen LogP contribution is -2.15. The fourth-order valence-electron chi connectivity index (χ4n) is 2.08. The van der Waals surface area contributed by atoms with Crippen LogP contribution in [0.1, 0.15) is 5.56 Å². The van der Waals surface area contributed by atoms with Gasteiger partial charge >= 0.3 is 6.18 Å². The molecule has 2 aromatic carbocycles. The van der Waals surface area contributed by atoms with Crippen LogP contribution in [0, 0.1) is 0 Å². The molecule has 0 bridgehead atoms. The minimum absolute atomic E-state index is 0.0189. The molecule has 0 radical (unpaired) electrons. The molecule has 0 atom stereocenters. The first-order chi connectivity index (χ1) is 12.8. The number of carbonyl (C=O) groups is 1. The van der Waals surface area contributed by atoms with E-state index in [1.807, 2.05) is 0 Å². The van der Waals surface area contributed by atoms with E-state index in [1.165, 1.54) is 16.8 Å². The van der Waals surface area contributed by atoms with E-state index in [9.17, 15) is 18.0 Å². The summed E-state index contributed by atoms with van der Waals surface area (Å²) >= 11 is 6.94. The van der Waals surface area contributed by atoms with E-state index in [2.05, 4.69) is 20.8 Å². The summed E-state index contributed by atoms with van der Waals surface area (Å²) in [6.45, 7) is 0. The molecule has 1 amide bonds. The van der Waals surface area contributed by atoms with Crippen molar-refractivity contribution < 1.29 is 18.0 Å². The molecule has 0 spiro atoms. The number of aromatic nitrogens is 4. The second kappa shape index (κ2) is 7.97. The summed E-state index contributed by atoms with van der Waals surface area (Å²) in [7, 11) is 0. The SMILES string of the molecule is O=C(CSc1nnnn1-c1ccc(Cl)cc1)Nc1ccc(C(F)(F)F)cc1. The van der Waals surface area contributed by atoms with Gasteiger partial charge in [-0.15, -0.1) is 5.10 Å². The van der Waals surface area contributed by atoms with Crippen LogP contribution < -0.4 is 5.32 Å². The molecule has 0 unspecified atom stereocenters. The highest BCUT2D eigenvalue weighted by Gasteiger charge is 2.30. The largest absolute Gasteiger partial charge is 0.416 e. The first kappa shape index (κ1) is 19.2. The molecular weight excluding hydrogens is 403 g/mol. The summed E-state index contributed by atoms with van der Waals surface area (Å²) in [6.07, 6.45) is -4.42. The first-order valence-electron chi connectivity index (χ1n) is 7.47. The highest BCUT2D eigenvalue weighted by molar-refractivity contribution is 7.99. The highest BCUT2D eigenvalue weighted by atomic mass is 35.5. The topological polar surface area (TPSA) is 72.7 Å². The van der Waals surface area contributed by atoms with Crippen LogP contribution in [0.3, 0.4) is 0 Å². The van der Waals surface area contributed by atoms with Crippen molar-refractivity contribution in [2.75, 3.05) is 11.1 Å². The van der Waals surface area contributed by atoms with E-state index >= 15 is 0 Å². The minimum atomic E-state index is -4.42. The number of halogens is 4. The predicted octanol–water partition coefficient (Wildman–Crippen LogP) is 4.07. The maximum absolute atomic E-state index is 12.5. The zero-order valence-corrected chi connectivity index (χ0v) is 15.0. The normalized spacial score (nSPS) is 11.4. The van der Waals surface area contributed by atoms with Gasteiger partial charge in [0.2, 0.25) is 11.1 Å². The van der Waals surface area contributed by atoms with Crippen LogP contribution in [-0.4, -0.2) is 31.9 Å². The van der Waals surface area contributed by atoms with Crippen molar-refractivity contribution in [1.29, 1.82) is 0 Å². The van der Waals surface area contributed by atoms with E-state index in [-0.39, 0.29) is 11.4 Å². The maximum Gasteiger partial charge on any atom is 0.416 e. The highest BCUT2D eigenvalue weighted by Crippen LogP contribution is 2.30. The maximum atomic E-state index is 12.5. The summed E-state index contributed by atoms with van der Waals surface area (Å²) in [5.74, 6) is -0.417. The number of nitrogens with zero attached hydrogens (tertiary/aromatic N) is 4. The Morgan fingerprint density at radius 1 is 1.11 bits per heavy atom. The van der Waals surface area contributed by atoms with Crippen LogP contribution >= 0.6 is 23.4 Å². The Balaban J connectivity index is 1.60. The molecule has 140 valence electrons. The number of hydrogen-bond donors (Lipinski definition) is 1. The summed E-state index contributed by atoms with van der Waals surface area (Å²) < 4.78 is 39.1. The Morgan fingerprint density at radius 3 is 2.41 bits per heavy atom. The van der Waals surface area contributed by atoms with Gasteiger partial charge in [0, 0.05) is 10.7 Å². The van der Waals surface area contributed by atoms with Crippen molar-refractivity contribution in [2.24, 2.45) is 0 Å². The molecule has 0 aliphatic heterocycles. The molecule has 0 aliphatic carbocycles. The fourth-order valence-corrected chi connectivity index (χ4v) is 2.90. The Bertz CT molecular complexity index is 928. The van der Waals surface area contributed by atoms with Crippen LogP contribution in [0.4, 0.5) is 18.9 Å². The lowest BCUT2D eigenvalue weighted by Gasteiger charge is -2.09. The Labute approximate surface area is 160 Å². The zero-order valence-electron chi connectivity index (χ0n) is 13.4. The lowest BCUT2D eigenvalue weighted by atomic mass is 10.2. The van der Waals surface area contributed by atoms with Gasteiger partial charge in [0.1, 0.15) is 0 Å². The number of alkyl halides is 3. The summed E-state index contributed by atoms with van der Waals surface area (Å²) in [6, 6.07) is 11.0. The molecule has 1 N–H and O–H groups in total. The van der Waals surface area contributed by atoms with Crippen LogP contribution in [0.15, 0.2) is 53.7 Å². The van der Waals surface area contributed by atoms with Crippen molar-refractivity contribution >= 4 is 35.0 Å². The van der Waals surface area contributed by atoms with Gasteiger partial charge in [-0.3, -0.25) is 4.79 Å². The van der Waals surface area contributed by atoms with Gasteiger partial charge < -0.3 is 5.32 Å². The fraction of sp³-hybridized carbons (Fsp3) is 0.125. The molecule has 0 aliphatic rings. The molecule has 0 saturated heterocycles. The minimum Gasteiger partial charge on any atom is -0.325 e. The lowest BCUT2D eigenvalue weighted by molar-refractivity contribution is -0.137. The third-order valence-corrected chi connectivity index (χ3v) is 4.51.